The second kappa shape index (κ2) is 9.24. The Morgan fingerprint density at radius 2 is 1.80 bits per heavy atom. The van der Waals surface area contributed by atoms with Crippen LogP contribution in [-0.2, 0) is 13.1 Å². The number of amides is 1. The van der Waals surface area contributed by atoms with Gasteiger partial charge in [0.15, 0.2) is 0 Å². The van der Waals surface area contributed by atoms with Gasteiger partial charge in [0, 0.05) is 25.5 Å². The van der Waals surface area contributed by atoms with Crippen LogP contribution >= 0.6 is 0 Å². The summed E-state index contributed by atoms with van der Waals surface area (Å²) in [6.45, 7) is 12.0. The third-order valence-electron chi connectivity index (χ3n) is 5.28. The molecule has 3 aromatic rings. The number of aryl methyl sites for hydroxylation is 3. The summed E-state index contributed by atoms with van der Waals surface area (Å²) in [5, 5.41) is 0. The first kappa shape index (κ1) is 21.8. The zero-order chi connectivity index (χ0) is 21.8. The highest BCUT2D eigenvalue weighted by Gasteiger charge is 2.22. The van der Waals surface area contributed by atoms with E-state index in [1.165, 1.54) is 34.4 Å². The molecule has 0 atom stereocenters. The van der Waals surface area contributed by atoms with Crippen LogP contribution in [0.2, 0.25) is 0 Å². The molecule has 0 saturated carbocycles. The van der Waals surface area contributed by atoms with E-state index in [9.17, 15) is 9.18 Å². The van der Waals surface area contributed by atoms with Crippen LogP contribution in [0.15, 0.2) is 48.8 Å². The summed E-state index contributed by atoms with van der Waals surface area (Å²) in [6, 6.07) is 10.5. The van der Waals surface area contributed by atoms with E-state index in [1.807, 2.05) is 20.0 Å². The molecule has 5 heteroatoms. The molecular formula is C25H30FN3O. The van der Waals surface area contributed by atoms with Crippen LogP contribution in [0.1, 0.15) is 52.3 Å². The molecule has 2 aromatic carbocycles. The summed E-state index contributed by atoms with van der Waals surface area (Å²) in [5.41, 5.74) is 5.10. The van der Waals surface area contributed by atoms with E-state index in [4.69, 9.17) is 0 Å². The lowest BCUT2D eigenvalue weighted by Gasteiger charge is -2.25. The van der Waals surface area contributed by atoms with Gasteiger partial charge in [0.2, 0.25) is 0 Å². The number of benzene rings is 2. The Hall–Kier alpha value is -2.95. The lowest BCUT2D eigenvalue weighted by Crippen LogP contribution is -2.35. The van der Waals surface area contributed by atoms with Gasteiger partial charge >= 0.3 is 0 Å². The number of halogens is 1. The third kappa shape index (κ3) is 4.96. The minimum atomic E-state index is -0.495. The minimum Gasteiger partial charge on any atom is -0.331 e. The number of aromatic nitrogens is 2. The maximum atomic E-state index is 14.2. The van der Waals surface area contributed by atoms with Gasteiger partial charge in [0.25, 0.3) is 5.91 Å². The first-order valence-corrected chi connectivity index (χ1v) is 10.4. The number of hydrogen-bond donors (Lipinski definition) is 0. The summed E-state index contributed by atoms with van der Waals surface area (Å²) in [7, 11) is 0. The standard InChI is InChI=1S/C25H30FN3O/c1-17(2)14-29(25(30)21-8-6-7-9-23(21)26)16-24-27-10-11-28(24)15-22-19(4)12-18(3)13-20(22)5/h6-13,17H,14-16H2,1-5H3. The van der Waals surface area contributed by atoms with E-state index in [1.54, 1.807) is 23.2 Å². The number of carbonyl (C=O) groups is 1. The van der Waals surface area contributed by atoms with Gasteiger partial charge in [-0.25, -0.2) is 9.37 Å². The van der Waals surface area contributed by atoms with Crippen molar-refractivity contribution in [1.82, 2.24) is 14.5 Å². The second-order valence-corrected chi connectivity index (χ2v) is 8.41. The van der Waals surface area contributed by atoms with Crippen molar-refractivity contribution in [2.45, 2.75) is 47.7 Å². The molecule has 0 radical (unpaired) electrons. The largest absolute Gasteiger partial charge is 0.331 e. The SMILES string of the molecule is Cc1cc(C)c(Cn2ccnc2CN(CC(C)C)C(=O)c2ccccc2F)c(C)c1. The summed E-state index contributed by atoms with van der Waals surface area (Å²) < 4.78 is 16.3. The first-order chi connectivity index (χ1) is 14.3. The van der Waals surface area contributed by atoms with Crippen LogP contribution in [0.4, 0.5) is 4.39 Å². The number of nitrogens with zero attached hydrogens (tertiary/aromatic N) is 3. The van der Waals surface area contributed by atoms with Crippen LogP contribution in [0.3, 0.4) is 0 Å². The zero-order valence-corrected chi connectivity index (χ0v) is 18.4. The van der Waals surface area contributed by atoms with Gasteiger partial charge in [-0.15, -0.1) is 0 Å². The Labute approximate surface area is 178 Å². The molecule has 0 aliphatic carbocycles. The van der Waals surface area contributed by atoms with Crippen molar-refractivity contribution < 1.29 is 9.18 Å². The fourth-order valence-corrected chi connectivity index (χ4v) is 3.90. The summed E-state index contributed by atoms with van der Waals surface area (Å²) >= 11 is 0. The molecule has 0 spiro atoms. The van der Waals surface area contributed by atoms with E-state index in [0.29, 0.717) is 19.6 Å². The van der Waals surface area contributed by atoms with Crippen molar-refractivity contribution >= 4 is 5.91 Å². The van der Waals surface area contributed by atoms with Crippen molar-refractivity contribution in [2.75, 3.05) is 6.54 Å². The van der Waals surface area contributed by atoms with Gasteiger partial charge in [-0.3, -0.25) is 4.79 Å². The highest BCUT2D eigenvalue weighted by atomic mass is 19.1. The molecule has 0 unspecified atom stereocenters. The normalized spacial score (nSPS) is 11.2. The van der Waals surface area contributed by atoms with Gasteiger partial charge in [-0.1, -0.05) is 43.7 Å². The van der Waals surface area contributed by atoms with E-state index in [-0.39, 0.29) is 17.4 Å². The Morgan fingerprint density at radius 3 is 2.43 bits per heavy atom. The molecule has 30 heavy (non-hydrogen) atoms. The Kier molecular flexibility index (Phi) is 6.70. The van der Waals surface area contributed by atoms with Crippen LogP contribution < -0.4 is 0 Å². The second-order valence-electron chi connectivity index (χ2n) is 8.41. The average molecular weight is 408 g/mol. The van der Waals surface area contributed by atoms with Crippen molar-refractivity contribution in [2.24, 2.45) is 5.92 Å². The maximum Gasteiger partial charge on any atom is 0.257 e. The van der Waals surface area contributed by atoms with Crippen LogP contribution in [0.5, 0.6) is 0 Å². The maximum absolute atomic E-state index is 14.2. The monoisotopic (exact) mass is 407 g/mol. The molecule has 4 nitrogen and oxygen atoms in total. The molecule has 0 saturated heterocycles. The van der Waals surface area contributed by atoms with Crippen molar-refractivity contribution in [3.63, 3.8) is 0 Å². The molecule has 1 aromatic heterocycles. The van der Waals surface area contributed by atoms with E-state index >= 15 is 0 Å². The van der Waals surface area contributed by atoms with E-state index < -0.39 is 5.82 Å². The molecule has 3 rings (SSSR count). The highest BCUT2D eigenvalue weighted by Crippen LogP contribution is 2.20. The minimum absolute atomic E-state index is 0.0986. The Morgan fingerprint density at radius 1 is 1.13 bits per heavy atom. The van der Waals surface area contributed by atoms with Crippen LogP contribution in [-0.4, -0.2) is 26.9 Å². The van der Waals surface area contributed by atoms with Gasteiger partial charge in [0.05, 0.1) is 12.1 Å². The van der Waals surface area contributed by atoms with Crippen LogP contribution in [0, 0.1) is 32.5 Å². The molecule has 158 valence electrons. The van der Waals surface area contributed by atoms with Crippen molar-refractivity contribution in [1.29, 1.82) is 0 Å². The molecule has 0 N–H and O–H groups in total. The number of carbonyl (C=O) groups excluding carboxylic acids is 1. The molecular weight excluding hydrogens is 377 g/mol. The van der Waals surface area contributed by atoms with E-state index in [0.717, 1.165) is 5.82 Å². The molecule has 0 aliphatic rings. The Balaban J connectivity index is 1.88. The summed E-state index contributed by atoms with van der Waals surface area (Å²) in [4.78, 5) is 19.3. The number of rotatable bonds is 7. The van der Waals surface area contributed by atoms with E-state index in [2.05, 4.69) is 42.5 Å². The highest BCUT2D eigenvalue weighted by molar-refractivity contribution is 5.94. The third-order valence-corrected chi connectivity index (χ3v) is 5.28. The lowest BCUT2D eigenvalue weighted by atomic mass is 10.00. The van der Waals surface area contributed by atoms with Crippen molar-refractivity contribution in [3.05, 3.63) is 88.3 Å². The fraction of sp³-hybridized carbons (Fsp3) is 0.360. The summed E-state index contributed by atoms with van der Waals surface area (Å²) in [6.07, 6.45) is 3.70. The van der Waals surface area contributed by atoms with Crippen LogP contribution in [0.25, 0.3) is 0 Å². The average Bonchev–Trinajstić information content (AvgIpc) is 3.10. The molecule has 0 bridgehead atoms. The lowest BCUT2D eigenvalue weighted by molar-refractivity contribution is 0.0711. The topological polar surface area (TPSA) is 38.1 Å². The smallest absolute Gasteiger partial charge is 0.257 e. The fourth-order valence-electron chi connectivity index (χ4n) is 3.90. The van der Waals surface area contributed by atoms with Crippen molar-refractivity contribution in [3.8, 4) is 0 Å². The summed E-state index contributed by atoms with van der Waals surface area (Å²) in [5.74, 6) is 0.245. The Bertz CT molecular complexity index is 1020. The molecule has 1 heterocycles. The number of imidazole rings is 1. The van der Waals surface area contributed by atoms with Gasteiger partial charge in [-0.05, 0) is 55.5 Å². The predicted octanol–water partition coefficient (Wildman–Crippen LogP) is 5.29. The molecule has 0 fully saturated rings. The van der Waals surface area contributed by atoms with Gasteiger partial charge in [0.1, 0.15) is 11.6 Å². The number of hydrogen-bond acceptors (Lipinski definition) is 2. The predicted molar refractivity (Wildman–Crippen MR) is 118 cm³/mol. The quantitative estimate of drug-likeness (QED) is 0.533. The van der Waals surface area contributed by atoms with Gasteiger partial charge < -0.3 is 9.47 Å². The first-order valence-electron chi connectivity index (χ1n) is 10.4. The zero-order valence-electron chi connectivity index (χ0n) is 18.4. The molecule has 1 amide bonds. The molecule has 0 aliphatic heterocycles. The van der Waals surface area contributed by atoms with Gasteiger partial charge in [-0.2, -0.15) is 0 Å².